The number of halogens is 1. The number of nitrogens with one attached hydrogen (secondary N) is 1. The molecule has 1 aromatic carbocycles. The number of nitrogens with two attached hydrogens (primary N) is 1. The van der Waals surface area contributed by atoms with Gasteiger partial charge in [-0.2, -0.15) is 0 Å². The molecule has 3 N–H and O–H groups in total. The molecular weight excluding hydrogens is 288 g/mol. The van der Waals surface area contributed by atoms with Crippen LogP contribution in [0.15, 0.2) is 41.8 Å². The molecule has 0 aliphatic carbocycles. The summed E-state index contributed by atoms with van der Waals surface area (Å²) < 4.78 is 22.5. The molecule has 19 heavy (non-hydrogen) atoms. The third-order valence-electron chi connectivity index (χ3n) is 2.36. The number of hydrogen-bond donors (Lipinski definition) is 2. The second-order valence-electron chi connectivity index (χ2n) is 3.79. The monoisotopic (exact) mass is 298 g/mol. The molecule has 8 heteroatoms. The van der Waals surface area contributed by atoms with E-state index in [-0.39, 0.29) is 4.90 Å². The van der Waals surface area contributed by atoms with Gasteiger partial charge in [0.25, 0.3) is 0 Å². The van der Waals surface area contributed by atoms with Crippen LogP contribution in [-0.4, -0.2) is 18.4 Å². The Labute approximate surface area is 115 Å². The Balaban J connectivity index is 2.21. The number of rotatable bonds is 4. The number of primary sulfonamides is 1. The molecule has 0 spiro atoms. The molecule has 0 aliphatic heterocycles. The van der Waals surface area contributed by atoms with E-state index in [1.807, 2.05) is 0 Å². The summed E-state index contributed by atoms with van der Waals surface area (Å²) in [6.45, 7) is 0.425. The summed E-state index contributed by atoms with van der Waals surface area (Å²) in [4.78, 5) is 7.76. The first-order chi connectivity index (χ1) is 8.97. The van der Waals surface area contributed by atoms with Gasteiger partial charge in [0, 0.05) is 24.5 Å². The summed E-state index contributed by atoms with van der Waals surface area (Å²) in [5.41, 5.74) is 1.33. The minimum atomic E-state index is -3.75. The number of nitrogens with zero attached hydrogens (tertiary/aromatic N) is 2. The SMILES string of the molecule is NS(=O)(=O)c1ccc(Cl)c(NCc2cncnc2)c1. The van der Waals surface area contributed by atoms with E-state index >= 15 is 0 Å². The molecular formula is C11H11ClN4O2S. The fraction of sp³-hybridized carbons (Fsp3) is 0.0909. The Kier molecular flexibility index (Phi) is 3.98. The average Bonchev–Trinajstić information content (AvgIpc) is 2.37. The predicted octanol–water partition coefficient (Wildman–Crippen LogP) is 1.39. The van der Waals surface area contributed by atoms with Crippen LogP contribution >= 0.6 is 11.6 Å². The van der Waals surface area contributed by atoms with Gasteiger partial charge in [-0.3, -0.25) is 0 Å². The molecule has 2 rings (SSSR count). The van der Waals surface area contributed by atoms with E-state index in [0.717, 1.165) is 5.56 Å². The summed E-state index contributed by atoms with van der Waals surface area (Å²) in [7, 11) is -3.75. The molecule has 0 radical (unpaired) electrons. The van der Waals surface area contributed by atoms with Crippen molar-refractivity contribution >= 4 is 27.3 Å². The third kappa shape index (κ3) is 3.63. The van der Waals surface area contributed by atoms with Crippen molar-refractivity contribution < 1.29 is 8.42 Å². The number of hydrogen-bond acceptors (Lipinski definition) is 5. The van der Waals surface area contributed by atoms with Crippen LogP contribution < -0.4 is 10.5 Å². The first kappa shape index (κ1) is 13.7. The molecule has 6 nitrogen and oxygen atoms in total. The Hall–Kier alpha value is -1.70. The number of aromatic nitrogens is 2. The number of benzene rings is 1. The summed E-state index contributed by atoms with van der Waals surface area (Å²) >= 11 is 5.98. The molecule has 0 bridgehead atoms. The Morgan fingerprint density at radius 3 is 2.58 bits per heavy atom. The van der Waals surface area contributed by atoms with Crippen LogP contribution in [-0.2, 0) is 16.6 Å². The normalized spacial score (nSPS) is 11.3. The van der Waals surface area contributed by atoms with Gasteiger partial charge in [-0.25, -0.2) is 23.5 Å². The van der Waals surface area contributed by atoms with E-state index in [0.29, 0.717) is 17.3 Å². The molecule has 0 saturated carbocycles. The quantitative estimate of drug-likeness (QED) is 0.889. The lowest BCUT2D eigenvalue weighted by Gasteiger charge is -2.09. The van der Waals surface area contributed by atoms with Gasteiger partial charge in [-0.1, -0.05) is 11.6 Å². The van der Waals surface area contributed by atoms with Gasteiger partial charge < -0.3 is 5.32 Å². The third-order valence-corrected chi connectivity index (χ3v) is 3.60. The Morgan fingerprint density at radius 1 is 1.26 bits per heavy atom. The van der Waals surface area contributed by atoms with E-state index in [9.17, 15) is 8.42 Å². The van der Waals surface area contributed by atoms with Crippen molar-refractivity contribution in [2.24, 2.45) is 5.14 Å². The first-order valence-electron chi connectivity index (χ1n) is 5.27. The van der Waals surface area contributed by atoms with Crippen LogP contribution in [0, 0.1) is 0 Å². The standard InChI is InChI=1S/C11H11ClN4O2S/c12-10-2-1-9(19(13,17)18)3-11(10)16-6-8-4-14-7-15-5-8/h1-5,7,16H,6H2,(H2,13,17,18). The second kappa shape index (κ2) is 5.52. The zero-order valence-corrected chi connectivity index (χ0v) is 11.3. The molecule has 0 unspecified atom stereocenters. The van der Waals surface area contributed by atoms with E-state index < -0.39 is 10.0 Å². The van der Waals surface area contributed by atoms with Gasteiger partial charge >= 0.3 is 0 Å². The van der Waals surface area contributed by atoms with Crippen LogP contribution in [0.5, 0.6) is 0 Å². The van der Waals surface area contributed by atoms with E-state index in [1.165, 1.54) is 24.5 Å². The van der Waals surface area contributed by atoms with Crippen LogP contribution in [0.4, 0.5) is 5.69 Å². The number of anilines is 1. The number of sulfonamides is 1. The largest absolute Gasteiger partial charge is 0.380 e. The van der Waals surface area contributed by atoms with Gasteiger partial charge in [-0.05, 0) is 18.2 Å². The van der Waals surface area contributed by atoms with Gasteiger partial charge in [-0.15, -0.1) is 0 Å². The molecule has 2 aromatic rings. The zero-order chi connectivity index (χ0) is 13.9. The van der Waals surface area contributed by atoms with Crippen LogP contribution in [0.1, 0.15) is 5.56 Å². The first-order valence-corrected chi connectivity index (χ1v) is 7.19. The molecule has 1 aromatic heterocycles. The molecule has 0 amide bonds. The van der Waals surface area contributed by atoms with Gasteiger partial charge in [0.05, 0.1) is 15.6 Å². The van der Waals surface area contributed by atoms with Crippen LogP contribution in [0.2, 0.25) is 5.02 Å². The highest BCUT2D eigenvalue weighted by molar-refractivity contribution is 7.89. The smallest absolute Gasteiger partial charge is 0.238 e. The molecule has 1 heterocycles. The predicted molar refractivity (Wildman–Crippen MR) is 72.2 cm³/mol. The molecule has 0 aliphatic rings. The maximum absolute atomic E-state index is 11.3. The van der Waals surface area contributed by atoms with E-state index in [2.05, 4.69) is 15.3 Å². The Bertz CT molecular complexity index is 676. The van der Waals surface area contributed by atoms with Crippen molar-refractivity contribution in [3.05, 3.63) is 47.5 Å². The topological polar surface area (TPSA) is 98.0 Å². The maximum Gasteiger partial charge on any atom is 0.238 e. The van der Waals surface area contributed by atoms with Crippen LogP contribution in [0.25, 0.3) is 0 Å². The van der Waals surface area contributed by atoms with Crippen LogP contribution in [0.3, 0.4) is 0 Å². The lowest BCUT2D eigenvalue weighted by atomic mass is 10.3. The summed E-state index contributed by atoms with van der Waals surface area (Å²) in [6.07, 6.45) is 4.73. The molecule has 100 valence electrons. The molecule has 0 fully saturated rings. The highest BCUT2D eigenvalue weighted by Crippen LogP contribution is 2.25. The van der Waals surface area contributed by atoms with Crippen molar-refractivity contribution in [1.82, 2.24) is 9.97 Å². The molecule has 0 atom stereocenters. The summed E-state index contributed by atoms with van der Waals surface area (Å²) in [5, 5.41) is 8.48. The van der Waals surface area contributed by atoms with Gasteiger partial charge in [0.15, 0.2) is 0 Å². The lowest BCUT2D eigenvalue weighted by Crippen LogP contribution is -2.12. The maximum atomic E-state index is 11.3. The van der Waals surface area contributed by atoms with Gasteiger partial charge in [0.1, 0.15) is 6.33 Å². The molecule has 0 saturated heterocycles. The Morgan fingerprint density at radius 2 is 1.95 bits per heavy atom. The average molecular weight is 299 g/mol. The van der Waals surface area contributed by atoms with E-state index in [4.69, 9.17) is 16.7 Å². The zero-order valence-electron chi connectivity index (χ0n) is 9.75. The van der Waals surface area contributed by atoms with Crippen molar-refractivity contribution in [3.63, 3.8) is 0 Å². The highest BCUT2D eigenvalue weighted by Gasteiger charge is 2.10. The fourth-order valence-corrected chi connectivity index (χ4v) is 2.16. The summed E-state index contributed by atoms with van der Waals surface area (Å²) in [6, 6.07) is 4.22. The van der Waals surface area contributed by atoms with E-state index in [1.54, 1.807) is 12.4 Å². The van der Waals surface area contributed by atoms with Crippen molar-refractivity contribution in [3.8, 4) is 0 Å². The minimum Gasteiger partial charge on any atom is -0.380 e. The minimum absolute atomic E-state index is 0.00344. The van der Waals surface area contributed by atoms with Crippen molar-refractivity contribution in [2.75, 3.05) is 5.32 Å². The van der Waals surface area contributed by atoms with Crippen molar-refractivity contribution in [1.29, 1.82) is 0 Å². The summed E-state index contributed by atoms with van der Waals surface area (Å²) in [5.74, 6) is 0. The highest BCUT2D eigenvalue weighted by atomic mass is 35.5. The fourth-order valence-electron chi connectivity index (χ4n) is 1.44. The van der Waals surface area contributed by atoms with Gasteiger partial charge in [0.2, 0.25) is 10.0 Å². The van der Waals surface area contributed by atoms with Crippen molar-refractivity contribution in [2.45, 2.75) is 11.4 Å². The lowest BCUT2D eigenvalue weighted by molar-refractivity contribution is 0.598. The second-order valence-corrected chi connectivity index (χ2v) is 5.76.